The molecule has 5 nitrogen and oxygen atoms in total. The molecule has 0 saturated heterocycles. The summed E-state index contributed by atoms with van der Waals surface area (Å²) < 4.78 is 5.96. The molecule has 2 N–H and O–H groups in total. The Labute approximate surface area is 290 Å². The molecule has 7 rings (SSSR count). The number of hydrogen-bond donors (Lipinski definition) is 2. The molecule has 2 aliphatic heterocycles. The number of halogens is 4. The average Bonchev–Trinajstić information content (AvgIpc) is 3.91. The van der Waals surface area contributed by atoms with Gasteiger partial charge in [0.2, 0.25) is 0 Å². The van der Waals surface area contributed by atoms with Crippen LogP contribution < -0.4 is 4.74 Å². The van der Waals surface area contributed by atoms with Crippen LogP contribution >= 0.6 is 50.7 Å². The summed E-state index contributed by atoms with van der Waals surface area (Å²) in [6.45, 7) is 2.84. The number of nitrogens with one attached hydrogen (secondary N) is 2. The first kappa shape index (κ1) is 30.8. The van der Waals surface area contributed by atoms with E-state index in [1.807, 2.05) is 54.6 Å². The van der Waals surface area contributed by atoms with Gasteiger partial charge in [-0.25, -0.2) is 9.97 Å². The third-order valence-corrected chi connectivity index (χ3v) is 10.3. The third-order valence-electron chi connectivity index (χ3n) is 8.00. The highest BCUT2D eigenvalue weighted by Gasteiger charge is 2.15. The smallest absolute Gasteiger partial charge is 0.119 e. The van der Waals surface area contributed by atoms with Crippen LogP contribution in [0.2, 0.25) is 15.1 Å². The number of rotatable bonds is 7. The first-order chi connectivity index (χ1) is 22.4. The minimum absolute atomic E-state index is 0.466. The summed E-state index contributed by atoms with van der Waals surface area (Å²) in [7, 11) is 0. The number of benzene rings is 2. The highest BCUT2D eigenvalue weighted by molar-refractivity contribution is 9.09. The van der Waals surface area contributed by atoms with Gasteiger partial charge in [-0.1, -0.05) is 88.0 Å². The van der Waals surface area contributed by atoms with Gasteiger partial charge in [0, 0.05) is 15.9 Å². The van der Waals surface area contributed by atoms with E-state index >= 15 is 0 Å². The standard InChI is InChI=1S/C37H28BrCl3N4O/c1-2-24(38)16-17-46-27-9-6-21(7-10-27)22-4-3-5-23(18-22)28-20-26-19-25-8-11-29(42-25)34(39)30-12-13-31(44-30)35(40)32-14-15-33(45-32)36(41)37(28)43-26/h3-15,18-20,24,43-44H,2,16-17H2,1H3. The number of ether oxygens (including phenoxy) is 1. The van der Waals surface area contributed by atoms with E-state index in [1.54, 1.807) is 0 Å². The predicted molar refractivity (Wildman–Crippen MR) is 198 cm³/mol. The van der Waals surface area contributed by atoms with Gasteiger partial charge in [-0.3, -0.25) is 0 Å². The van der Waals surface area contributed by atoms with Crippen molar-refractivity contribution in [3.8, 4) is 28.0 Å². The van der Waals surface area contributed by atoms with Crippen LogP contribution in [-0.4, -0.2) is 31.4 Å². The van der Waals surface area contributed by atoms with E-state index in [4.69, 9.17) is 49.5 Å². The number of fused-ring (bicyclic) bond motifs is 8. The Bertz CT molecular complexity index is 2180. The Morgan fingerprint density at radius 2 is 1.39 bits per heavy atom. The van der Waals surface area contributed by atoms with Gasteiger partial charge in [-0.05, 0) is 96.3 Å². The lowest BCUT2D eigenvalue weighted by molar-refractivity contribution is 0.309. The van der Waals surface area contributed by atoms with Crippen molar-refractivity contribution in [2.45, 2.75) is 24.6 Å². The van der Waals surface area contributed by atoms with Gasteiger partial charge >= 0.3 is 0 Å². The lowest BCUT2D eigenvalue weighted by atomic mass is 9.99. The number of H-pyrrole nitrogens is 2. The second-order valence-corrected chi connectivity index (χ2v) is 13.5. The van der Waals surface area contributed by atoms with Gasteiger partial charge < -0.3 is 14.7 Å². The molecule has 0 spiro atoms. The molecule has 5 aromatic rings. The minimum atomic E-state index is 0.466. The second kappa shape index (κ2) is 13.1. The summed E-state index contributed by atoms with van der Waals surface area (Å²) in [5, 5.41) is 1.45. The second-order valence-electron chi connectivity index (χ2n) is 11.1. The number of aromatic nitrogens is 4. The van der Waals surface area contributed by atoms with Crippen molar-refractivity contribution in [3.05, 3.63) is 111 Å². The zero-order valence-corrected chi connectivity index (χ0v) is 28.6. The van der Waals surface area contributed by atoms with Crippen molar-refractivity contribution in [3.63, 3.8) is 0 Å². The van der Waals surface area contributed by atoms with Gasteiger partial charge in [0.05, 0.1) is 61.0 Å². The van der Waals surface area contributed by atoms with Crippen molar-refractivity contribution in [2.24, 2.45) is 0 Å². The van der Waals surface area contributed by atoms with Gasteiger partial charge in [-0.15, -0.1) is 0 Å². The molecule has 5 heterocycles. The van der Waals surface area contributed by atoms with Crippen LogP contribution in [0, 0.1) is 0 Å². The molecule has 1 atom stereocenters. The Morgan fingerprint density at radius 3 is 2.13 bits per heavy atom. The van der Waals surface area contributed by atoms with Crippen LogP contribution in [0.15, 0.2) is 72.8 Å². The molecular weight excluding hydrogens is 703 g/mol. The molecule has 2 aromatic carbocycles. The highest BCUT2D eigenvalue weighted by atomic mass is 79.9. The van der Waals surface area contributed by atoms with E-state index in [1.165, 1.54) is 0 Å². The molecule has 46 heavy (non-hydrogen) atoms. The third kappa shape index (κ3) is 6.27. The van der Waals surface area contributed by atoms with Gasteiger partial charge in [0.1, 0.15) is 5.75 Å². The highest BCUT2D eigenvalue weighted by Crippen LogP contribution is 2.36. The molecule has 9 heteroatoms. The Kier molecular flexibility index (Phi) is 8.80. The summed E-state index contributed by atoms with van der Waals surface area (Å²) in [4.78, 5) is 16.8. The van der Waals surface area contributed by atoms with Crippen LogP contribution in [-0.2, 0) is 0 Å². The fourth-order valence-electron chi connectivity index (χ4n) is 5.47. The van der Waals surface area contributed by atoms with Gasteiger partial charge in [0.25, 0.3) is 0 Å². The number of nitrogens with zero attached hydrogens (tertiary/aromatic N) is 2. The maximum atomic E-state index is 7.12. The summed E-state index contributed by atoms with van der Waals surface area (Å²) in [6, 6.07) is 24.4. The Balaban J connectivity index is 1.34. The van der Waals surface area contributed by atoms with Crippen molar-refractivity contribution in [1.29, 1.82) is 0 Å². The summed E-state index contributed by atoms with van der Waals surface area (Å²) >= 11 is 24.3. The summed E-state index contributed by atoms with van der Waals surface area (Å²) in [5.41, 5.74) is 9.75. The van der Waals surface area contributed by atoms with E-state index in [9.17, 15) is 0 Å². The molecule has 0 aliphatic carbocycles. The number of alkyl halides is 1. The lowest BCUT2D eigenvalue weighted by Crippen LogP contribution is -2.04. The van der Waals surface area contributed by atoms with Crippen LogP contribution in [0.5, 0.6) is 5.75 Å². The zero-order chi connectivity index (χ0) is 31.8. The molecule has 1 unspecified atom stereocenters. The van der Waals surface area contributed by atoms with E-state index in [0.29, 0.717) is 54.6 Å². The molecule has 8 bridgehead atoms. The molecule has 0 amide bonds. The van der Waals surface area contributed by atoms with Crippen molar-refractivity contribution in [1.82, 2.24) is 19.9 Å². The monoisotopic (exact) mass is 728 g/mol. The maximum Gasteiger partial charge on any atom is 0.119 e. The van der Waals surface area contributed by atoms with E-state index in [-0.39, 0.29) is 0 Å². The topological polar surface area (TPSA) is 66.6 Å². The first-order valence-corrected chi connectivity index (χ1v) is 17.0. The molecule has 0 fully saturated rings. The largest absolute Gasteiger partial charge is 0.494 e. The quantitative estimate of drug-likeness (QED) is 0.160. The van der Waals surface area contributed by atoms with Crippen molar-refractivity contribution < 1.29 is 4.74 Å². The lowest BCUT2D eigenvalue weighted by Gasteiger charge is -2.10. The molecule has 230 valence electrons. The zero-order valence-electron chi connectivity index (χ0n) is 24.8. The van der Waals surface area contributed by atoms with Crippen LogP contribution in [0.4, 0.5) is 0 Å². The number of hydrogen-bond acceptors (Lipinski definition) is 3. The fourth-order valence-corrected chi connectivity index (χ4v) is 6.35. The van der Waals surface area contributed by atoms with Crippen LogP contribution in [0.1, 0.15) is 42.5 Å². The predicted octanol–water partition coefficient (Wildman–Crippen LogP) is 11.9. The fraction of sp³-hybridized carbons (Fsp3) is 0.135. The SMILES string of the molecule is CCC(Br)CCOc1ccc(-c2cccc(-c3cc4cc5nc(c(Cl)c6ccc([nH]6)c(Cl)c6nc(c(Cl)c3[nH]4)C=C6)C=C5)c2)cc1. The van der Waals surface area contributed by atoms with Crippen molar-refractivity contribution in [2.75, 3.05) is 6.61 Å². The number of aromatic amines is 2. The first-order valence-electron chi connectivity index (χ1n) is 15.0. The molecule has 0 saturated carbocycles. The maximum absolute atomic E-state index is 7.12. The Hall–Kier alpha value is -3.81. The van der Waals surface area contributed by atoms with E-state index < -0.39 is 0 Å². The van der Waals surface area contributed by atoms with E-state index in [2.05, 4.69) is 75.3 Å². The van der Waals surface area contributed by atoms with Crippen molar-refractivity contribution >= 4 is 97.1 Å². The van der Waals surface area contributed by atoms with Crippen LogP contribution in [0.25, 0.3) is 68.6 Å². The molecule has 3 aromatic heterocycles. The van der Waals surface area contributed by atoms with Crippen LogP contribution in [0.3, 0.4) is 0 Å². The minimum Gasteiger partial charge on any atom is -0.494 e. The van der Waals surface area contributed by atoms with E-state index in [0.717, 1.165) is 57.6 Å². The Morgan fingerprint density at radius 1 is 0.717 bits per heavy atom. The molecular formula is C37H28BrCl3N4O. The molecule has 0 radical (unpaired) electrons. The summed E-state index contributed by atoms with van der Waals surface area (Å²) in [6.07, 6.45) is 9.62. The van der Waals surface area contributed by atoms with Gasteiger partial charge in [-0.2, -0.15) is 0 Å². The molecule has 2 aliphatic rings. The normalized spacial score (nSPS) is 12.9. The summed E-state index contributed by atoms with van der Waals surface area (Å²) in [5.74, 6) is 0.860. The van der Waals surface area contributed by atoms with Gasteiger partial charge in [0.15, 0.2) is 0 Å². The average molecular weight is 731 g/mol.